The van der Waals surface area contributed by atoms with E-state index in [1.807, 2.05) is 6.26 Å². The van der Waals surface area contributed by atoms with E-state index in [-0.39, 0.29) is 13.2 Å². The van der Waals surface area contributed by atoms with Crippen molar-refractivity contribution < 1.29 is 19.1 Å². The summed E-state index contributed by atoms with van der Waals surface area (Å²) in [6.07, 6.45) is 2.34. The minimum absolute atomic E-state index is 0.0158. The van der Waals surface area contributed by atoms with Gasteiger partial charge in [0.25, 0.3) is 5.91 Å². The van der Waals surface area contributed by atoms with Crippen LogP contribution >= 0.6 is 46.6 Å². The molecule has 156 valence electrons. The lowest BCUT2D eigenvalue weighted by atomic mass is 10.1. The maximum atomic E-state index is 12.5. The molecule has 0 aliphatic rings. The Kier molecular flexibility index (Phi) is 9.94. The number of halogens is 3. The fourth-order valence-electron chi connectivity index (χ4n) is 2.37. The Morgan fingerprint density at radius 2 is 1.66 bits per heavy atom. The van der Waals surface area contributed by atoms with E-state index < -0.39 is 17.9 Å². The van der Waals surface area contributed by atoms with Gasteiger partial charge in [0.05, 0.1) is 20.6 Å². The molecular formula is C20H20Cl3NO4S. The topological polar surface area (TPSA) is 64.6 Å². The smallest absolute Gasteiger partial charge is 0.328 e. The van der Waals surface area contributed by atoms with E-state index in [0.717, 1.165) is 0 Å². The molecule has 9 heteroatoms. The second-order valence-corrected chi connectivity index (χ2v) is 8.06. The fourth-order valence-corrected chi connectivity index (χ4v) is 3.57. The van der Waals surface area contributed by atoms with Gasteiger partial charge in [0.2, 0.25) is 0 Å². The SMILES string of the molecule is CSCCC(NC(=O)c1ccccc1Cl)C(=O)OCCOc1c(Cl)cccc1Cl. The summed E-state index contributed by atoms with van der Waals surface area (Å²) in [5, 5.41) is 3.74. The molecule has 0 aliphatic carbocycles. The van der Waals surface area contributed by atoms with Crippen molar-refractivity contribution in [1.29, 1.82) is 0 Å². The van der Waals surface area contributed by atoms with Crippen molar-refractivity contribution in [3.05, 3.63) is 63.1 Å². The van der Waals surface area contributed by atoms with Gasteiger partial charge in [0.15, 0.2) is 5.75 Å². The number of hydrogen-bond donors (Lipinski definition) is 1. The molecule has 0 aromatic heterocycles. The maximum Gasteiger partial charge on any atom is 0.328 e. The lowest BCUT2D eigenvalue weighted by molar-refractivity contribution is -0.146. The number of benzene rings is 2. The third-order valence-electron chi connectivity index (χ3n) is 3.81. The van der Waals surface area contributed by atoms with Gasteiger partial charge in [0.1, 0.15) is 19.3 Å². The molecule has 0 bridgehead atoms. The summed E-state index contributed by atoms with van der Waals surface area (Å²) in [6, 6.07) is 10.8. The molecule has 0 saturated heterocycles. The summed E-state index contributed by atoms with van der Waals surface area (Å²) in [7, 11) is 0. The first kappa shape index (κ1) is 23.7. The Labute approximate surface area is 189 Å². The molecule has 0 aliphatic heterocycles. The van der Waals surface area contributed by atoms with Gasteiger partial charge in [0, 0.05) is 0 Å². The molecule has 0 radical (unpaired) electrons. The molecule has 1 atom stereocenters. The van der Waals surface area contributed by atoms with Crippen molar-refractivity contribution in [2.24, 2.45) is 0 Å². The van der Waals surface area contributed by atoms with E-state index in [1.165, 1.54) is 0 Å². The van der Waals surface area contributed by atoms with Crippen molar-refractivity contribution in [1.82, 2.24) is 5.32 Å². The van der Waals surface area contributed by atoms with Gasteiger partial charge in [-0.2, -0.15) is 11.8 Å². The van der Waals surface area contributed by atoms with Crippen LogP contribution in [0.3, 0.4) is 0 Å². The summed E-state index contributed by atoms with van der Waals surface area (Å²) in [6.45, 7) is 0.0566. The van der Waals surface area contributed by atoms with Crippen LogP contribution in [0.2, 0.25) is 15.1 Å². The van der Waals surface area contributed by atoms with E-state index in [9.17, 15) is 9.59 Å². The number of ether oxygens (including phenoxy) is 2. The summed E-state index contributed by atoms with van der Waals surface area (Å²) in [5.41, 5.74) is 0.299. The van der Waals surface area contributed by atoms with Crippen LogP contribution in [0.1, 0.15) is 16.8 Å². The number of carbonyl (C=O) groups excluding carboxylic acids is 2. The molecule has 0 spiro atoms. The van der Waals surface area contributed by atoms with Gasteiger partial charge < -0.3 is 14.8 Å². The van der Waals surface area contributed by atoms with Crippen LogP contribution < -0.4 is 10.1 Å². The largest absolute Gasteiger partial charge is 0.487 e. The van der Waals surface area contributed by atoms with Gasteiger partial charge in [-0.1, -0.05) is 53.0 Å². The van der Waals surface area contributed by atoms with Crippen LogP contribution in [-0.2, 0) is 9.53 Å². The van der Waals surface area contributed by atoms with Crippen molar-refractivity contribution in [2.75, 3.05) is 25.2 Å². The number of nitrogens with one attached hydrogen (secondary N) is 1. The molecule has 0 saturated carbocycles. The zero-order chi connectivity index (χ0) is 21.2. The van der Waals surface area contributed by atoms with Crippen LogP contribution in [0.15, 0.2) is 42.5 Å². The summed E-state index contributed by atoms with van der Waals surface area (Å²) < 4.78 is 10.8. The Morgan fingerprint density at radius 3 is 2.31 bits per heavy atom. The highest BCUT2D eigenvalue weighted by atomic mass is 35.5. The predicted molar refractivity (Wildman–Crippen MR) is 119 cm³/mol. The normalized spacial score (nSPS) is 11.6. The average Bonchev–Trinajstić information content (AvgIpc) is 2.70. The molecule has 1 amide bonds. The number of hydrogen-bond acceptors (Lipinski definition) is 5. The van der Waals surface area contributed by atoms with Gasteiger partial charge in [-0.3, -0.25) is 4.79 Å². The van der Waals surface area contributed by atoms with E-state index >= 15 is 0 Å². The van der Waals surface area contributed by atoms with Crippen LogP contribution in [-0.4, -0.2) is 43.1 Å². The molecule has 1 unspecified atom stereocenters. The van der Waals surface area contributed by atoms with Crippen LogP contribution in [0.25, 0.3) is 0 Å². The van der Waals surface area contributed by atoms with Gasteiger partial charge in [-0.25, -0.2) is 4.79 Å². The molecule has 0 fully saturated rings. The molecule has 2 rings (SSSR count). The lowest BCUT2D eigenvalue weighted by Crippen LogP contribution is -2.42. The number of esters is 1. The Bertz CT molecular complexity index is 830. The first-order valence-corrected chi connectivity index (χ1v) is 11.2. The molecule has 2 aromatic carbocycles. The number of thioether (sulfide) groups is 1. The predicted octanol–water partition coefficient (Wildman–Crippen LogP) is 5.12. The quantitative estimate of drug-likeness (QED) is 0.381. The summed E-state index contributed by atoms with van der Waals surface area (Å²) in [4.78, 5) is 24.9. The average molecular weight is 477 g/mol. The van der Waals surface area contributed by atoms with E-state index in [4.69, 9.17) is 44.3 Å². The van der Waals surface area contributed by atoms with E-state index in [0.29, 0.717) is 38.6 Å². The standard InChI is InChI=1S/C20H20Cl3NO4S/c1-29-12-9-17(24-19(25)13-5-2-3-6-14(13)21)20(26)28-11-10-27-18-15(22)7-4-8-16(18)23/h2-8,17H,9-12H2,1H3,(H,24,25). The number of amides is 1. The first-order valence-electron chi connectivity index (χ1n) is 8.71. The van der Waals surface area contributed by atoms with Crippen molar-refractivity contribution in [3.8, 4) is 5.75 Å². The van der Waals surface area contributed by atoms with E-state index in [2.05, 4.69) is 5.32 Å². The molecule has 1 N–H and O–H groups in total. The van der Waals surface area contributed by atoms with Crippen LogP contribution in [0, 0.1) is 0 Å². The molecule has 5 nitrogen and oxygen atoms in total. The molecule has 0 heterocycles. The van der Waals surface area contributed by atoms with E-state index in [1.54, 1.807) is 54.2 Å². The highest BCUT2D eigenvalue weighted by molar-refractivity contribution is 7.98. The molecule has 2 aromatic rings. The Morgan fingerprint density at radius 1 is 1.00 bits per heavy atom. The molecule has 29 heavy (non-hydrogen) atoms. The highest BCUT2D eigenvalue weighted by Crippen LogP contribution is 2.32. The second-order valence-electron chi connectivity index (χ2n) is 5.85. The minimum Gasteiger partial charge on any atom is -0.487 e. The van der Waals surface area contributed by atoms with Crippen molar-refractivity contribution in [3.63, 3.8) is 0 Å². The zero-order valence-corrected chi connectivity index (χ0v) is 18.7. The fraction of sp³-hybridized carbons (Fsp3) is 0.300. The van der Waals surface area contributed by atoms with Gasteiger partial charge in [-0.05, 0) is 42.7 Å². The van der Waals surface area contributed by atoms with Crippen molar-refractivity contribution in [2.45, 2.75) is 12.5 Å². The minimum atomic E-state index is -0.796. The van der Waals surface area contributed by atoms with Crippen LogP contribution in [0.4, 0.5) is 0 Å². The lowest BCUT2D eigenvalue weighted by Gasteiger charge is -2.18. The van der Waals surface area contributed by atoms with Crippen LogP contribution in [0.5, 0.6) is 5.75 Å². The third kappa shape index (κ3) is 7.30. The summed E-state index contributed by atoms with van der Waals surface area (Å²) >= 11 is 19.7. The number of para-hydroxylation sites is 1. The second kappa shape index (κ2) is 12.2. The molecular weight excluding hydrogens is 457 g/mol. The monoisotopic (exact) mass is 475 g/mol. The van der Waals surface area contributed by atoms with Gasteiger partial charge in [-0.15, -0.1) is 0 Å². The number of rotatable bonds is 10. The Hall–Kier alpha value is -1.60. The third-order valence-corrected chi connectivity index (χ3v) is 5.38. The number of carbonyl (C=O) groups is 2. The Balaban J connectivity index is 1.91. The maximum absolute atomic E-state index is 12.5. The highest BCUT2D eigenvalue weighted by Gasteiger charge is 2.23. The summed E-state index contributed by atoms with van der Waals surface area (Å²) in [5.74, 6) is 0.0257. The van der Waals surface area contributed by atoms with Gasteiger partial charge >= 0.3 is 5.97 Å². The zero-order valence-electron chi connectivity index (χ0n) is 15.6. The first-order chi connectivity index (χ1) is 13.9. The van der Waals surface area contributed by atoms with Crippen molar-refractivity contribution >= 4 is 58.4 Å².